The van der Waals surface area contributed by atoms with E-state index in [-0.39, 0.29) is 0 Å². The van der Waals surface area contributed by atoms with Crippen LogP contribution in [0.15, 0.2) is 12.4 Å². The van der Waals surface area contributed by atoms with Crippen molar-refractivity contribution in [2.75, 3.05) is 13.7 Å². The number of esters is 1. The number of rotatable bonds is 2. The molecule has 0 unspecified atom stereocenters. The summed E-state index contributed by atoms with van der Waals surface area (Å²) in [5, 5.41) is 3.20. The Morgan fingerprint density at radius 2 is 2.32 bits per heavy atom. The van der Waals surface area contributed by atoms with E-state index in [1.54, 1.807) is 12.4 Å². The summed E-state index contributed by atoms with van der Waals surface area (Å²) >= 11 is 0. The van der Waals surface area contributed by atoms with Crippen LogP contribution >= 0.6 is 0 Å². The number of imidazole rings is 1. The topological polar surface area (TPSA) is 92.8 Å². The third-order valence-corrected chi connectivity index (χ3v) is 3.02. The predicted molar refractivity (Wildman–Crippen MR) is 66.4 cm³/mol. The molecule has 0 radical (unpaired) electrons. The van der Waals surface area contributed by atoms with Crippen LogP contribution in [0, 0.1) is 0 Å². The molecule has 3 rings (SSSR count). The Bertz CT molecular complexity index is 609. The zero-order chi connectivity index (χ0) is 13.2. The molecule has 1 aliphatic rings. The molecule has 0 aliphatic carbocycles. The molecular weight excluding hydrogens is 246 g/mol. The number of fused-ring (bicyclic) bond motifs is 1. The quantitative estimate of drug-likeness (QED) is 0.753. The Labute approximate surface area is 109 Å². The highest BCUT2D eigenvalue weighted by atomic mass is 16.5. The minimum Gasteiger partial charge on any atom is -0.464 e. The summed E-state index contributed by atoms with van der Waals surface area (Å²) in [5.41, 5.74) is 2.00. The zero-order valence-electron chi connectivity index (χ0n) is 10.4. The Kier molecular flexibility index (Phi) is 2.96. The van der Waals surface area contributed by atoms with E-state index < -0.39 is 5.97 Å². The number of ether oxygens (including phenoxy) is 1. The molecule has 0 fully saturated rings. The number of nitrogens with zero attached hydrogens (tertiary/aromatic N) is 3. The highest BCUT2D eigenvalue weighted by Gasteiger charge is 2.23. The first-order valence-electron chi connectivity index (χ1n) is 5.98. The lowest BCUT2D eigenvalue weighted by atomic mass is 10.1. The molecule has 0 atom stereocenters. The molecule has 2 aromatic rings. The van der Waals surface area contributed by atoms with Crippen molar-refractivity contribution in [3.63, 3.8) is 0 Å². The van der Waals surface area contributed by atoms with Gasteiger partial charge >= 0.3 is 5.97 Å². The molecule has 2 N–H and O–H groups in total. The fourth-order valence-corrected chi connectivity index (χ4v) is 2.10. The Hall–Kier alpha value is -2.28. The molecule has 1 aliphatic heterocycles. The zero-order valence-corrected chi connectivity index (χ0v) is 10.4. The molecular formula is C12H13N5O2. The monoisotopic (exact) mass is 259 g/mol. The number of nitrogens with one attached hydrogen (secondary N) is 2. The summed E-state index contributed by atoms with van der Waals surface area (Å²) in [5.74, 6) is 0.521. The molecule has 0 saturated heterocycles. The van der Waals surface area contributed by atoms with Gasteiger partial charge < -0.3 is 15.0 Å². The van der Waals surface area contributed by atoms with E-state index in [9.17, 15) is 4.79 Å². The van der Waals surface area contributed by atoms with Gasteiger partial charge in [-0.2, -0.15) is 0 Å². The first kappa shape index (κ1) is 11.8. The van der Waals surface area contributed by atoms with E-state index in [0.717, 1.165) is 24.2 Å². The van der Waals surface area contributed by atoms with Gasteiger partial charge in [-0.3, -0.25) is 0 Å². The minimum absolute atomic E-state index is 0.311. The second-order valence-corrected chi connectivity index (χ2v) is 4.18. The van der Waals surface area contributed by atoms with Crippen LogP contribution < -0.4 is 5.32 Å². The van der Waals surface area contributed by atoms with Gasteiger partial charge in [-0.15, -0.1) is 0 Å². The van der Waals surface area contributed by atoms with Gasteiger partial charge in [-0.1, -0.05) is 0 Å². The van der Waals surface area contributed by atoms with Gasteiger partial charge in [-0.25, -0.2) is 19.7 Å². The van der Waals surface area contributed by atoms with Crippen LogP contribution in [0.1, 0.15) is 21.7 Å². The van der Waals surface area contributed by atoms with E-state index >= 15 is 0 Å². The van der Waals surface area contributed by atoms with Gasteiger partial charge in [-0.05, 0) is 0 Å². The van der Waals surface area contributed by atoms with Crippen LogP contribution in [0.2, 0.25) is 0 Å². The van der Waals surface area contributed by atoms with E-state index in [2.05, 4.69) is 25.3 Å². The molecule has 19 heavy (non-hydrogen) atoms. The maximum Gasteiger partial charge on any atom is 0.357 e. The highest BCUT2D eigenvalue weighted by Crippen LogP contribution is 2.20. The maximum atomic E-state index is 11.8. The van der Waals surface area contributed by atoms with Gasteiger partial charge in [0.1, 0.15) is 0 Å². The number of hydrogen-bond donors (Lipinski definition) is 2. The first-order valence-corrected chi connectivity index (χ1v) is 5.98. The first-order chi connectivity index (χ1) is 9.29. The average molecular weight is 259 g/mol. The summed E-state index contributed by atoms with van der Waals surface area (Å²) in [6.07, 6.45) is 4.07. The third kappa shape index (κ3) is 2.08. The Balaban J connectivity index is 2.16. The van der Waals surface area contributed by atoms with Gasteiger partial charge in [0.15, 0.2) is 17.3 Å². The number of H-pyrrole nitrogens is 1. The molecule has 0 bridgehead atoms. The van der Waals surface area contributed by atoms with Gasteiger partial charge in [0.25, 0.3) is 0 Å². The Morgan fingerprint density at radius 1 is 1.42 bits per heavy atom. The summed E-state index contributed by atoms with van der Waals surface area (Å²) in [6, 6.07) is 0. The van der Waals surface area contributed by atoms with Crippen molar-refractivity contribution in [2.45, 2.75) is 13.0 Å². The number of carbonyl (C=O) groups is 1. The summed E-state index contributed by atoms with van der Waals surface area (Å²) in [4.78, 5) is 27.7. The molecule has 2 aromatic heterocycles. The molecule has 0 aromatic carbocycles. The molecule has 7 nitrogen and oxygen atoms in total. The minimum atomic E-state index is -0.449. The van der Waals surface area contributed by atoms with Crippen molar-refractivity contribution in [1.82, 2.24) is 25.3 Å². The van der Waals surface area contributed by atoms with Crippen LogP contribution in [0.25, 0.3) is 11.6 Å². The van der Waals surface area contributed by atoms with Gasteiger partial charge in [0, 0.05) is 37.5 Å². The fourth-order valence-electron chi connectivity index (χ4n) is 2.10. The fraction of sp³-hybridized carbons (Fsp3) is 0.333. The SMILES string of the molecule is COC(=O)c1nc(-c2ncc[nH]2)nc2c1CNCC2. The van der Waals surface area contributed by atoms with E-state index in [4.69, 9.17) is 4.74 Å². The maximum absolute atomic E-state index is 11.8. The van der Waals surface area contributed by atoms with Gasteiger partial charge in [0.05, 0.1) is 12.8 Å². The number of methoxy groups -OCH3 is 1. The smallest absolute Gasteiger partial charge is 0.357 e. The number of carbonyl (C=O) groups excluding carboxylic acids is 1. The van der Waals surface area contributed by atoms with Crippen LogP contribution in [-0.2, 0) is 17.7 Å². The van der Waals surface area contributed by atoms with Crippen molar-refractivity contribution in [3.05, 3.63) is 29.3 Å². The normalized spacial score (nSPS) is 13.9. The number of hydrogen-bond acceptors (Lipinski definition) is 6. The highest BCUT2D eigenvalue weighted by molar-refractivity contribution is 5.89. The second kappa shape index (κ2) is 4.77. The Morgan fingerprint density at radius 3 is 3.05 bits per heavy atom. The number of aromatic nitrogens is 4. The van der Waals surface area contributed by atoms with E-state index in [1.165, 1.54) is 7.11 Å². The second-order valence-electron chi connectivity index (χ2n) is 4.18. The van der Waals surface area contributed by atoms with Crippen molar-refractivity contribution < 1.29 is 9.53 Å². The van der Waals surface area contributed by atoms with Crippen LogP contribution in [-0.4, -0.2) is 39.6 Å². The van der Waals surface area contributed by atoms with Crippen molar-refractivity contribution in [1.29, 1.82) is 0 Å². The van der Waals surface area contributed by atoms with Crippen LogP contribution in [0.3, 0.4) is 0 Å². The lowest BCUT2D eigenvalue weighted by Gasteiger charge is -2.18. The molecule has 0 amide bonds. The van der Waals surface area contributed by atoms with Crippen molar-refractivity contribution in [2.24, 2.45) is 0 Å². The summed E-state index contributed by atoms with van der Waals surface area (Å²) < 4.78 is 4.79. The molecule has 98 valence electrons. The van der Waals surface area contributed by atoms with E-state index in [0.29, 0.717) is 23.9 Å². The molecule has 7 heteroatoms. The number of aromatic amines is 1. The van der Waals surface area contributed by atoms with Crippen LogP contribution in [0.4, 0.5) is 0 Å². The van der Waals surface area contributed by atoms with Crippen molar-refractivity contribution >= 4 is 5.97 Å². The third-order valence-electron chi connectivity index (χ3n) is 3.02. The van der Waals surface area contributed by atoms with Crippen LogP contribution in [0.5, 0.6) is 0 Å². The summed E-state index contributed by atoms with van der Waals surface area (Å²) in [7, 11) is 1.35. The van der Waals surface area contributed by atoms with Crippen molar-refractivity contribution in [3.8, 4) is 11.6 Å². The van der Waals surface area contributed by atoms with Gasteiger partial charge in [0.2, 0.25) is 0 Å². The van der Waals surface area contributed by atoms with E-state index in [1.807, 2.05) is 0 Å². The molecule has 0 spiro atoms. The summed E-state index contributed by atoms with van der Waals surface area (Å²) in [6.45, 7) is 1.42. The predicted octanol–water partition coefficient (Wildman–Crippen LogP) is 0.299. The average Bonchev–Trinajstić information content (AvgIpc) is 2.99. The lowest BCUT2D eigenvalue weighted by molar-refractivity contribution is 0.0592. The molecule has 0 saturated carbocycles. The molecule has 3 heterocycles. The lowest BCUT2D eigenvalue weighted by Crippen LogP contribution is -2.28. The standard InChI is InChI=1S/C12H13N5O2/c1-19-12(18)9-7-6-13-3-2-8(7)16-11(17-9)10-14-4-5-15-10/h4-5,13H,2-3,6H2,1H3,(H,14,15). The largest absolute Gasteiger partial charge is 0.464 e.